The van der Waals surface area contributed by atoms with E-state index >= 15 is 0 Å². The topological polar surface area (TPSA) is 51.4 Å². The van der Waals surface area contributed by atoms with Gasteiger partial charge in [-0.2, -0.15) is 8.42 Å². The van der Waals surface area contributed by atoms with Crippen molar-refractivity contribution in [2.24, 2.45) is 11.4 Å². The summed E-state index contributed by atoms with van der Waals surface area (Å²) in [6.07, 6.45) is 0. The molecule has 1 aromatic heterocycles. The van der Waals surface area contributed by atoms with Crippen LogP contribution in [0.15, 0.2) is 45.7 Å². The molecule has 0 spiro atoms. The Balaban J connectivity index is 2.26. The van der Waals surface area contributed by atoms with E-state index in [1.807, 2.05) is 26.0 Å². The second kappa shape index (κ2) is 5.78. The monoisotopic (exact) mass is 366 g/mol. The van der Waals surface area contributed by atoms with E-state index in [4.69, 9.17) is 11.6 Å². The summed E-state index contributed by atoms with van der Waals surface area (Å²) < 4.78 is 31.6. The van der Waals surface area contributed by atoms with Gasteiger partial charge in [0.15, 0.2) is 0 Å². The lowest BCUT2D eigenvalue weighted by molar-refractivity contribution is 0.596. The van der Waals surface area contributed by atoms with Gasteiger partial charge in [-0.05, 0) is 37.6 Å². The highest BCUT2D eigenvalue weighted by Crippen LogP contribution is 2.28. The number of aromatic nitrogens is 1. The van der Waals surface area contributed by atoms with E-state index in [9.17, 15) is 8.42 Å². The number of hydrogen-bond acceptors (Lipinski definition) is 3. The molecule has 120 valence electrons. The summed E-state index contributed by atoms with van der Waals surface area (Å²) in [6, 6.07) is 10.4. The first-order chi connectivity index (χ1) is 10.8. The smallest absolute Gasteiger partial charge is 0.285 e. The summed E-state index contributed by atoms with van der Waals surface area (Å²) in [7, 11) is -1.96. The lowest BCUT2D eigenvalue weighted by Gasteiger charge is -2.01. The highest BCUT2D eigenvalue weighted by atomic mass is 35.5. The normalized spacial score (nSPS) is 13.0. The number of fused-ring (bicyclic) bond motifs is 1. The van der Waals surface area contributed by atoms with Gasteiger partial charge in [-0.15, -0.1) is 4.40 Å². The van der Waals surface area contributed by atoms with Gasteiger partial charge in [0, 0.05) is 7.05 Å². The minimum atomic E-state index is -3.75. The quantitative estimate of drug-likeness (QED) is 0.692. The summed E-state index contributed by atoms with van der Waals surface area (Å²) in [5.41, 5.74) is 2.93. The Kier molecular flexibility index (Phi) is 4.08. The minimum absolute atomic E-state index is 0.184. The minimum Gasteiger partial charge on any atom is -0.319 e. The first-order valence-corrected chi connectivity index (χ1v) is 9.55. The molecule has 0 aliphatic carbocycles. The Morgan fingerprint density at radius 1 is 1.09 bits per heavy atom. The molecule has 0 fully saturated rings. The molecule has 0 N–H and O–H groups in total. The number of nitrogens with zero attached hydrogens (tertiary/aromatic N) is 2. The lowest BCUT2D eigenvalue weighted by Crippen LogP contribution is -2.14. The fourth-order valence-electron chi connectivity index (χ4n) is 2.36. The van der Waals surface area contributed by atoms with Crippen LogP contribution in [0.2, 0.25) is 5.02 Å². The zero-order valence-corrected chi connectivity index (χ0v) is 15.3. The van der Waals surface area contributed by atoms with Crippen molar-refractivity contribution in [1.82, 2.24) is 4.57 Å². The maximum absolute atomic E-state index is 12.5. The van der Waals surface area contributed by atoms with Crippen LogP contribution in [-0.4, -0.2) is 13.0 Å². The molecule has 23 heavy (non-hydrogen) atoms. The number of rotatable bonds is 2. The first kappa shape index (κ1) is 16.2. The molecule has 0 radical (unpaired) electrons. The van der Waals surface area contributed by atoms with E-state index in [1.165, 1.54) is 11.3 Å². The molecular formula is C16H15ClN2O2S2. The van der Waals surface area contributed by atoms with Crippen LogP contribution in [0.3, 0.4) is 0 Å². The van der Waals surface area contributed by atoms with Gasteiger partial charge in [-0.3, -0.25) is 0 Å². The van der Waals surface area contributed by atoms with Gasteiger partial charge in [0.2, 0.25) is 4.80 Å². The molecule has 0 atom stereocenters. The predicted molar refractivity (Wildman–Crippen MR) is 94.5 cm³/mol. The van der Waals surface area contributed by atoms with Crippen molar-refractivity contribution in [1.29, 1.82) is 0 Å². The molecule has 0 saturated heterocycles. The number of thiazole rings is 1. The van der Waals surface area contributed by atoms with Gasteiger partial charge in [0.05, 0.1) is 20.1 Å². The Hall–Kier alpha value is -1.63. The third kappa shape index (κ3) is 2.94. The van der Waals surface area contributed by atoms with Gasteiger partial charge in [-0.25, -0.2) is 0 Å². The predicted octanol–water partition coefficient (Wildman–Crippen LogP) is 3.80. The van der Waals surface area contributed by atoms with Crippen LogP contribution in [0, 0.1) is 13.8 Å². The van der Waals surface area contributed by atoms with Crippen molar-refractivity contribution in [2.45, 2.75) is 18.7 Å². The zero-order valence-electron chi connectivity index (χ0n) is 12.9. The number of sulfonamides is 1. The molecule has 3 aromatic rings. The third-order valence-corrected chi connectivity index (χ3v) is 6.61. The average Bonchev–Trinajstić information content (AvgIpc) is 2.81. The fourth-order valence-corrected chi connectivity index (χ4v) is 4.96. The SMILES string of the molecule is Cc1ccc(S(=O)(=O)N=c2sc3c(Cl)ccc(C)c3n2C)cc1. The largest absolute Gasteiger partial charge is 0.319 e. The van der Waals surface area contributed by atoms with Crippen LogP contribution in [0.1, 0.15) is 11.1 Å². The number of benzene rings is 2. The average molecular weight is 367 g/mol. The van der Waals surface area contributed by atoms with Crippen molar-refractivity contribution in [3.63, 3.8) is 0 Å². The van der Waals surface area contributed by atoms with Gasteiger partial charge < -0.3 is 4.57 Å². The Morgan fingerprint density at radius 3 is 2.35 bits per heavy atom. The van der Waals surface area contributed by atoms with Crippen molar-refractivity contribution in [3.8, 4) is 0 Å². The molecule has 0 aliphatic heterocycles. The van der Waals surface area contributed by atoms with E-state index in [1.54, 1.807) is 35.9 Å². The highest BCUT2D eigenvalue weighted by Gasteiger charge is 2.15. The molecule has 4 nitrogen and oxygen atoms in total. The molecule has 7 heteroatoms. The summed E-state index contributed by atoms with van der Waals surface area (Å²) in [4.78, 5) is 0.583. The van der Waals surface area contributed by atoms with Gasteiger partial charge >= 0.3 is 0 Å². The van der Waals surface area contributed by atoms with E-state index in [0.717, 1.165) is 21.3 Å². The molecular weight excluding hydrogens is 352 g/mol. The highest BCUT2D eigenvalue weighted by molar-refractivity contribution is 7.90. The molecule has 0 amide bonds. The second-order valence-electron chi connectivity index (χ2n) is 5.37. The van der Waals surface area contributed by atoms with Gasteiger partial charge in [-0.1, -0.05) is 46.7 Å². The summed E-state index contributed by atoms with van der Waals surface area (Å²) in [6.45, 7) is 3.87. The van der Waals surface area contributed by atoms with Gasteiger partial charge in [0.25, 0.3) is 10.0 Å². The van der Waals surface area contributed by atoms with Crippen molar-refractivity contribution >= 4 is 43.2 Å². The van der Waals surface area contributed by atoms with E-state index in [2.05, 4.69) is 4.40 Å². The Morgan fingerprint density at radius 2 is 1.74 bits per heavy atom. The van der Waals surface area contributed by atoms with Crippen molar-refractivity contribution < 1.29 is 8.42 Å². The molecule has 0 saturated carbocycles. The molecule has 3 rings (SSSR count). The van der Waals surface area contributed by atoms with Crippen LogP contribution < -0.4 is 4.80 Å². The summed E-state index contributed by atoms with van der Waals surface area (Å²) in [5, 5.41) is 0.598. The first-order valence-electron chi connectivity index (χ1n) is 6.92. The summed E-state index contributed by atoms with van der Waals surface area (Å²) in [5.74, 6) is 0. The summed E-state index contributed by atoms with van der Waals surface area (Å²) >= 11 is 7.50. The molecule has 2 aromatic carbocycles. The van der Waals surface area contributed by atoms with Gasteiger partial charge in [0.1, 0.15) is 0 Å². The standard InChI is InChI=1S/C16H15ClN2O2S2/c1-10-4-7-12(8-5-10)23(20,21)18-16-19(3)14-11(2)6-9-13(17)15(14)22-16/h4-9H,1-3H3. The number of hydrogen-bond donors (Lipinski definition) is 0. The maximum Gasteiger partial charge on any atom is 0.285 e. The second-order valence-corrected chi connectivity index (χ2v) is 8.35. The Labute approximate surface area is 143 Å². The van der Waals surface area contributed by atoms with E-state index in [0.29, 0.717) is 9.82 Å². The van der Waals surface area contributed by atoms with Crippen LogP contribution in [0.5, 0.6) is 0 Å². The molecule has 0 bridgehead atoms. The Bertz CT molecular complexity index is 1060. The zero-order chi connectivity index (χ0) is 16.8. The number of aryl methyl sites for hydroxylation is 3. The fraction of sp³-hybridized carbons (Fsp3) is 0.188. The third-order valence-electron chi connectivity index (χ3n) is 3.62. The van der Waals surface area contributed by atoms with Crippen molar-refractivity contribution in [2.75, 3.05) is 0 Å². The number of halogens is 1. The lowest BCUT2D eigenvalue weighted by atomic mass is 10.2. The molecule has 0 aliphatic rings. The van der Waals surface area contributed by atoms with Crippen LogP contribution in [0.25, 0.3) is 10.2 Å². The van der Waals surface area contributed by atoms with E-state index in [-0.39, 0.29) is 4.90 Å². The van der Waals surface area contributed by atoms with Crippen molar-refractivity contribution in [3.05, 3.63) is 57.3 Å². The van der Waals surface area contributed by atoms with E-state index < -0.39 is 10.0 Å². The van der Waals surface area contributed by atoms with Crippen LogP contribution in [-0.2, 0) is 17.1 Å². The molecule has 1 heterocycles. The van der Waals surface area contributed by atoms with Crippen LogP contribution in [0.4, 0.5) is 0 Å². The van der Waals surface area contributed by atoms with Crippen LogP contribution >= 0.6 is 22.9 Å². The molecule has 0 unspecified atom stereocenters. The maximum atomic E-state index is 12.5.